The van der Waals surface area contributed by atoms with Crippen LogP contribution in [0.2, 0.25) is 0 Å². The van der Waals surface area contributed by atoms with Gasteiger partial charge in [0.1, 0.15) is 16.2 Å². The van der Waals surface area contributed by atoms with Crippen LogP contribution in [0.5, 0.6) is 5.75 Å². The lowest BCUT2D eigenvalue weighted by Gasteiger charge is -2.33. The Morgan fingerprint density at radius 3 is 2.00 bits per heavy atom. The van der Waals surface area contributed by atoms with Gasteiger partial charge in [0.05, 0.1) is 12.2 Å². The Balaban J connectivity index is 0.00000135. The molecule has 0 bridgehead atoms. The van der Waals surface area contributed by atoms with Gasteiger partial charge in [0.25, 0.3) is 0 Å². The highest BCUT2D eigenvalue weighted by Crippen LogP contribution is 2.28. The van der Waals surface area contributed by atoms with Gasteiger partial charge in [0.2, 0.25) is 0 Å². The second-order valence-corrected chi connectivity index (χ2v) is 6.06. The van der Waals surface area contributed by atoms with Gasteiger partial charge in [-0.05, 0) is 51.9 Å². The molecule has 0 fully saturated rings. The first-order chi connectivity index (χ1) is 10.7. The zero-order valence-electron chi connectivity index (χ0n) is 15.2. The molecule has 0 spiro atoms. The first kappa shape index (κ1) is 21.2. The molecule has 1 aromatic carbocycles. The highest BCUT2D eigenvalue weighted by molar-refractivity contribution is 5.98. The predicted octanol–water partition coefficient (Wildman–Crippen LogP) is 3.32. The molecule has 0 aliphatic carbocycles. The van der Waals surface area contributed by atoms with Crippen LogP contribution in [0.15, 0.2) is 30.3 Å². The fraction of sp³-hybridized carbons (Fsp3) is 0.667. The van der Waals surface area contributed by atoms with Gasteiger partial charge in [-0.1, -0.05) is 44.9 Å². The predicted molar refractivity (Wildman–Crippen MR) is 99.7 cm³/mol. The highest BCUT2D eigenvalue weighted by atomic mass is 28.2. The number of nitrogens with one attached hydrogen (secondary N) is 1. The first-order valence-corrected chi connectivity index (χ1v) is 9.31. The zero-order chi connectivity index (χ0) is 16.7. The maximum Gasteiger partial charge on any atom is 0.146 e. The average molecular weight is 326 g/mol. The third-order valence-electron chi connectivity index (χ3n) is 3.63. The Kier molecular flexibility index (Phi) is 13.3. The summed E-state index contributed by atoms with van der Waals surface area (Å²) in [5.74, 6) is 0.964. The van der Waals surface area contributed by atoms with Gasteiger partial charge in [-0.15, -0.1) is 0 Å². The van der Waals surface area contributed by atoms with Crippen LogP contribution in [0.3, 0.4) is 0 Å². The summed E-state index contributed by atoms with van der Waals surface area (Å²) in [5, 5.41) is 2.75. The van der Waals surface area contributed by atoms with E-state index in [4.69, 9.17) is 9.16 Å². The molecule has 0 aliphatic heterocycles. The van der Waals surface area contributed by atoms with Crippen molar-refractivity contribution in [1.29, 1.82) is 0 Å². The average Bonchev–Trinajstić information content (AvgIpc) is 2.53. The van der Waals surface area contributed by atoms with Crippen molar-refractivity contribution in [2.75, 3.05) is 20.7 Å². The van der Waals surface area contributed by atoms with Crippen molar-refractivity contribution < 1.29 is 9.16 Å². The molecule has 0 radical (unpaired) electrons. The van der Waals surface area contributed by atoms with Gasteiger partial charge < -0.3 is 14.5 Å². The summed E-state index contributed by atoms with van der Waals surface area (Å²) in [5.41, 5.74) is 0.121. The molecule has 0 saturated heterocycles. The normalized spacial score (nSPS) is 10.9. The molecule has 0 aromatic heterocycles. The second-order valence-electron chi connectivity index (χ2n) is 5.65. The molecule has 0 unspecified atom stereocenters. The van der Waals surface area contributed by atoms with Crippen LogP contribution >= 0.6 is 0 Å². The maximum atomic E-state index is 5.95. The Bertz CT molecular complexity index is 340. The van der Waals surface area contributed by atoms with Gasteiger partial charge >= 0.3 is 0 Å². The van der Waals surface area contributed by atoms with Crippen LogP contribution in [-0.4, -0.2) is 36.8 Å². The number of benzene rings is 1. The van der Waals surface area contributed by atoms with E-state index in [1.54, 1.807) is 0 Å². The van der Waals surface area contributed by atoms with Crippen molar-refractivity contribution in [2.45, 2.75) is 58.0 Å². The molecule has 0 aliphatic rings. The molecular formula is C18H35NO2Si. The molecule has 0 saturated carbocycles. The molecule has 128 valence electrons. The van der Waals surface area contributed by atoms with E-state index in [1.165, 1.54) is 25.7 Å². The molecule has 1 aromatic rings. The second kappa shape index (κ2) is 13.8. The van der Waals surface area contributed by atoms with E-state index in [-0.39, 0.29) is 5.60 Å². The Labute approximate surface area is 140 Å². The molecule has 0 heterocycles. The summed E-state index contributed by atoms with van der Waals surface area (Å²) in [4.78, 5) is 0. The summed E-state index contributed by atoms with van der Waals surface area (Å²) >= 11 is 0. The third kappa shape index (κ3) is 9.23. The number of hydrogen-bond acceptors (Lipinski definition) is 3. The standard InChI is InChI=1S/C16H28O2Si.C2H7N/c1-3-11-16(18-19,12-4-2)13-8-14-17-15-9-6-5-7-10-15;1-3-2/h5-7,9-10H,3-4,8,11-14H2,1-2,19H3;3H,1-2H3. The van der Waals surface area contributed by atoms with E-state index in [1.807, 2.05) is 44.4 Å². The third-order valence-corrected chi connectivity index (χ3v) is 4.50. The lowest BCUT2D eigenvalue weighted by molar-refractivity contribution is 0.0431. The van der Waals surface area contributed by atoms with Gasteiger partial charge in [0.15, 0.2) is 0 Å². The van der Waals surface area contributed by atoms with E-state index in [0.29, 0.717) is 0 Å². The van der Waals surface area contributed by atoms with E-state index in [9.17, 15) is 0 Å². The minimum Gasteiger partial charge on any atom is -0.494 e. The Hall–Kier alpha value is -0.843. The van der Waals surface area contributed by atoms with Crippen LogP contribution in [0, 0.1) is 0 Å². The Morgan fingerprint density at radius 2 is 1.55 bits per heavy atom. The van der Waals surface area contributed by atoms with Crippen molar-refractivity contribution in [3.8, 4) is 5.75 Å². The SMILES string of the molecule is CCCC(CCC)(CCCOc1ccccc1)O[SiH3].CNC. The van der Waals surface area contributed by atoms with Crippen LogP contribution in [-0.2, 0) is 4.43 Å². The topological polar surface area (TPSA) is 30.5 Å². The van der Waals surface area contributed by atoms with Gasteiger partial charge in [-0.2, -0.15) is 0 Å². The summed E-state index contributed by atoms with van der Waals surface area (Å²) in [6, 6.07) is 10.0. The molecule has 1 rings (SSSR count). The summed E-state index contributed by atoms with van der Waals surface area (Å²) in [6.45, 7) is 5.26. The molecule has 0 atom stereocenters. The molecule has 3 nitrogen and oxygen atoms in total. The molecule has 1 N–H and O–H groups in total. The van der Waals surface area contributed by atoms with Crippen LogP contribution in [0.1, 0.15) is 52.4 Å². The van der Waals surface area contributed by atoms with Gasteiger partial charge in [0, 0.05) is 0 Å². The first-order valence-electron chi connectivity index (χ1n) is 8.49. The monoisotopic (exact) mass is 325 g/mol. The summed E-state index contributed by atoms with van der Waals surface area (Å²) < 4.78 is 11.7. The van der Waals surface area contributed by atoms with E-state index >= 15 is 0 Å². The van der Waals surface area contributed by atoms with E-state index in [0.717, 1.165) is 35.7 Å². The lowest BCUT2D eigenvalue weighted by Crippen LogP contribution is -2.32. The van der Waals surface area contributed by atoms with Crippen molar-refractivity contribution in [2.24, 2.45) is 0 Å². The fourth-order valence-corrected chi connectivity index (χ4v) is 3.31. The molecule has 4 heteroatoms. The molecule has 0 amide bonds. The minimum atomic E-state index is 0.121. The van der Waals surface area contributed by atoms with Gasteiger partial charge in [-0.25, -0.2) is 0 Å². The van der Waals surface area contributed by atoms with Crippen molar-refractivity contribution in [3.63, 3.8) is 0 Å². The molecular weight excluding hydrogens is 290 g/mol. The van der Waals surface area contributed by atoms with E-state index in [2.05, 4.69) is 19.2 Å². The number of ether oxygens (including phenoxy) is 1. The smallest absolute Gasteiger partial charge is 0.146 e. The van der Waals surface area contributed by atoms with Crippen LogP contribution in [0.25, 0.3) is 0 Å². The quantitative estimate of drug-likeness (QED) is 0.529. The summed E-state index contributed by atoms with van der Waals surface area (Å²) in [6.07, 6.45) is 6.93. The van der Waals surface area contributed by atoms with Crippen molar-refractivity contribution in [1.82, 2.24) is 5.32 Å². The lowest BCUT2D eigenvalue weighted by atomic mass is 9.88. The van der Waals surface area contributed by atoms with E-state index < -0.39 is 0 Å². The zero-order valence-corrected chi connectivity index (χ0v) is 17.2. The number of para-hydroxylation sites is 1. The molecule has 22 heavy (non-hydrogen) atoms. The largest absolute Gasteiger partial charge is 0.494 e. The Morgan fingerprint density at radius 1 is 1.00 bits per heavy atom. The van der Waals surface area contributed by atoms with Crippen LogP contribution < -0.4 is 10.1 Å². The van der Waals surface area contributed by atoms with Crippen molar-refractivity contribution in [3.05, 3.63) is 30.3 Å². The number of hydrogen-bond donors (Lipinski definition) is 1. The number of rotatable bonds is 10. The van der Waals surface area contributed by atoms with Crippen LogP contribution in [0.4, 0.5) is 0 Å². The fourth-order valence-electron chi connectivity index (χ4n) is 2.69. The van der Waals surface area contributed by atoms with Crippen molar-refractivity contribution >= 4 is 10.5 Å². The van der Waals surface area contributed by atoms with Gasteiger partial charge in [-0.3, -0.25) is 0 Å². The summed E-state index contributed by atoms with van der Waals surface area (Å²) in [7, 11) is 4.58. The highest BCUT2D eigenvalue weighted by Gasteiger charge is 2.26. The maximum absolute atomic E-state index is 5.95. The minimum absolute atomic E-state index is 0.121.